The lowest BCUT2D eigenvalue weighted by Crippen LogP contribution is -2.31. The molecule has 0 fully saturated rings. The lowest BCUT2D eigenvalue weighted by atomic mass is 9.85. The zero-order valence-corrected chi connectivity index (χ0v) is 17.1. The maximum absolute atomic E-state index is 14.9. The van der Waals surface area contributed by atoms with Crippen LogP contribution in [0.15, 0.2) is 42.5 Å². The third kappa shape index (κ3) is 2.90. The van der Waals surface area contributed by atoms with E-state index in [1.54, 1.807) is 24.3 Å². The van der Waals surface area contributed by atoms with E-state index in [-0.39, 0.29) is 22.0 Å². The van der Waals surface area contributed by atoms with Crippen molar-refractivity contribution in [1.82, 2.24) is 10.2 Å². The first-order chi connectivity index (χ1) is 13.2. The number of halogens is 3. The number of aromatic nitrogens is 2. The van der Waals surface area contributed by atoms with Gasteiger partial charge in [0.05, 0.1) is 16.8 Å². The van der Waals surface area contributed by atoms with Crippen molar-refractivity contribution in [3.8, 4) is 0 Å². The highest BCUT2D eigenvalue weighted by atomic mass is 35.5. The fourth-order valence-electron chi connectivity index (χ4n) is 3.60. The molecule has 144 valence electrons. The first-order valence-electron chi connectivity index (χ1n) is 8.82. The van der Waals surface area contributed by atoms with Crippen LogP contribution in [0.1, 0.15) is 54.1 Å². The summed E-state index contributed by atoms with van der Waals surface area (Å²) in [6, 6.07) is 11.3. The van der Waals surface area contributed by atoms with Gasteiger partial charge in [-0.3, -0.25) is 14.8 Å². The molecule has 1 aliphatic rings. The number of nitrogens with one attached hydrogen (secondary N) is 1. The van der Waals surface area contributed by atoms with E-state index in [1.165, 1.54) is 11.0 Å². The zero-order chi connectivity index (χ0) is 20.2. The molecular formula is C21H18Cl2FN3O. The van der Waals surface area contributed by atoms with E-state index in [4.69, 9.17) is 23.2 Å². The molecular weight excluding hydrogens is 400 g/mol. The number of nitrogens with zero attached hydrogens (tertiary/aromatic N) is 2. The number of anilines is 1. The van der Waals surface area contributed by atoms with Crippen LogP contribution in [0.4, 0.5) is 10.1 Å². The minimum Gasteiger partial charge on any atom is -0.292 e. The van der Waals surface area contributed by atoms with Crippen molar-refractivity contribution in [2.24, 2.45) is 0 Å². The van der Waals surface area contributed by atoms with Gasteiger partial charge in [0, 0.05) is 21.7 Å². The Kier molecular flexibility index (Phi) is 4.47. The van der Waals surface area contributed by atoms with Crippen LogP contribution in [-0.4, -0.2) is 16.1 Å². The fourth-order valence-corrected chi connectivity index (χ4v) is 3.90. The van der Waals surface area contributed by atoms with Crippen LogP contribution in [0.2, 0.25) is 10.0 Å². The van der Waals surface area contributed by atoms with Crippen LogP contribution < -0.4 is 4.90 Å². The third-order valence-corrected chi connectivity index (χ3v) is 5.43. The summed E-state index contributed by atoms with van der Waals surface area (Å²) >= 11 is 12.0. The minimum absolute atomic E-state index is 0.0395. The number of hydrogen-bond acceptors (Lipinski definition) is 2. The molecule has 28 heavy (non-hydrogen) atoms. The van der Waals surface area contributed by atoms with Crippen molar-refractivity contribution >= 4 is 34.8 Å². The number of carbonyl (C=O) groups excluding carboxylic acids is 1. The molecule has 4 rings (SSSR count). The van der Waals surface area contributed by atoms with Crippen LogP contribution >= 0.6 is 23.2 Å². The van der Waals surface area contributed by atoms with E-state index < -0.39 is 11.9 Å². The van der Waals surface area contributed by atoms with Gasteiger partial charge in [-0.15, -0.1) is 0 Å². The molecule has 1 amide bonds. The Balaban J connectivity index is 1.98. The second-order valence-corrected chi connectivity index (χ2v) is 8.66. The third-order valence-electron chi connectivity index (χ3n) is 4.88. The predicted molar refractivity (Wildman–Crippen MR) is 109 cm³/mol. The second kappa shape index (κ2) is 6.61. The molecule has 0 saturated carbocycles. The number of aromatic amines is 1. The summed E-state index contributed by atoms with van der Waals surface area (Å²) in [5.74, 6) is -1.01. The molecule has 1 aromatic heterocycles. The van der Waals surface area contributed by atoms with Crippen LogP contribution in [-0.2, 0) is 5.41 Å². The Hall–Kier alpha value is -2.37. The van der Waals surface area contributed by atoms with E-state index in [0.717, 1.165) is 16.8 Å². The lowest BCUT2D eigenvalue weighted by molar-refractivity contribution is 0.0988. The van der Waals surface area contributed by atoms with Crippen molar-refractivity contribution in [2.45, 2.75) is 32.2 Å². The van der Waals surface area contributed by atoms with Crippen molar-refractivity contribution in [3.63, 3.8) is 0 Å². The van der Waals surface area contributed by atoms with Gasteiger partial charge < -0.3 is 0 Å². The quantitative estimate of drug-likeness (QED) is 0.563. The zero-order valence-electron chi connectivity index (χ0n) is 15.6. The number of fused-ring (bicyclic) bond motifs is 1. The average molecular weight is 418 g/mol. The van der Waals surface area contributed by atoms with Gasteiger partial charge in [-0.05, 0) is 29.8 Å². The van der Waals surface area contributed by atoms with E-state index in [9.17, 15) is 9.18 Å². The summed E-state index contributed by atoms with van der Waals surface area (Å²) in [5, 5.41) is 7.82. The van der Waals surface area contributed by atoms with Gasteiger partial charge in [-0.25, -0.2) is 4.39 Å². The van der Waals surface area contributed by atoms with Gasteiger partial charge in [0.2, 0.25) is 0 Å². The van der Waals surface area contributed by atoms with E-state index in [0.29, 0.717) is 10.7 Å². The number of rotatable bonds is 2. The summed E-state index contributed by atoms with van der Waals surface area (Å²) < 4.78 is 14.9. The first-order valence-corrected chi connectivity index (χ1v) is 9.57. The molecule has 2 aromatic carbocycles. The monoisotopic (exact) mass is 417 g/mol. The summed E-state index contributed by atoms with van der Waals surface area (Å²) in [6.45, 7) is 6.10. The molecule has 0 aliphatic carbocycles. The van der Waals surface area contributed by atoms with Crippen molar-refractivity contribution in [2.75, 3.05) is 4.90 Å². The Labute approximate surface area is 172 Å². The van der Waals surface area contributed by atoms with E-state index in [2.05, 4.69) is 10.2 Å². The lowest BCUT2D eigenvalue weighted by Gasteiger charge is -2.29. The Morgan fingerprint density at radius 2 is 1.79 bits per heavy atom. The van der Waals surface area contributed by atoms with Crippen molar-refractivity contribution in [3.05, 3.63) is 80.8 Å². The number of H-pyrrole nitrogens is 1. The summed E-state index contributed by atoms with van der Waals surface area (Å²) in [5.41, 5.74) is 2.52. The number of hydrogen-bond donors (Lipinski definition) is 1. The first kappa shape index (κ1) is 19.0. The number of benzene rings is 2. The molecule has 1 N–H and O–H groups in total. The second-order valence-electron chi connectivity index (χ2n) is 7.81. The highest BCUT2D eigenvalue weighted by Gasteiger charge is 2.45. The molecule has 1 aliphatic heterocycles. The molecule has 4 nitrogen and oxygen atoms in total. The van der Waals surface area contributed by atoms with Crippen LogP contribution in [0, 0.1) is 5.82 Å². The molecule has 1 atom stereocenters. The predicted octanol–water partition coefficient (Wildman–Crippen LogP) is 5.90. The van der Waals surface area contributed by atoms with E-state index in [1.807, 2.05) is 32.9 Å². The number of carbonyl (C=O) groups is 1. The topological polar surface area (TPSA) is 49.0 Å². The largest absolute Gasteiger partial charge is 0.292 e. The normalized spacial score (nSPS) is 16.6. The van der Waals surface area contributed by atoms with Gasteiger partial charge in [-0.2, -0.15) is 5.10 Å². The Morgan fingerprint density at radius 1 is 1.11 bits per heavy atom. The van der Waals surface area contributed by atoms with Gasteiger partial charge in [0.1, 0.15) is 0 Å². The summed E-state index contributed by atoms with van der Waals surface area (Å²) in [6.07, 6.45) is 0. The van der Waals surface area contributed by atoms with Gasteiger partial charge in [0.15, 0.2) is 11.5 Å². The summed E-state index contributed by atoms with van der Waals surface area (Å²) in [7, 11) is 0. The SMILES string of the molecule is CC(C)(C)c1[nH]nc2c1[C@@H](c1ccc(Cl)cc1)N(c1cccc(Cl)c1F)C2=O. The highest BCUT2D eigenvalue weighted by molar-refractivity contribution is 6.31. The molecule has 0 saturated heterocycles. The smallest absolute Gasteiger partial charge is 0.280 e. The van der Waals surface area contributed by atoms with E-state index >= 15 is 0 Å². The van der Waals surface area contributed by atoms with Crippen molar-refractivity contribution in [1.29, 1.82) is 0 Å². The van der Waals surface area contributed by atoms with Gasteiger partial charge >= 0.3 is 0 Å². The maximum atomic E-state index is 14.9. The summed E-state index contributed by atoms with van der Waals surface area (Å²) in [4.78, 5) is 14.7. The molecule has 2 heterocycles. The molecule has 0 spiro atoms. The van der Waals surface area contributed by atoms with Gasteiger partial charge in [0.25, 0.3) is 5.91 Å². The van der Waals surface area contributed by atoms with Crippen molar-refractivity contribution < 1.29 is 9.18 Å². The van der Waals surface area contributed by atoms with Crippen LogP contribution in [0.25, 0.3) is 0 Å². The Morgan fingerprint density at radius 3 is 2.43 bits per heavy atom. The molecule has 0 radical (unpaired) electrons. The molecule has 0 unspecified atom stereocenters. The fraction of sp³-hybridized carbons (Fsp3) is 0.238. The molecule has 3 aromatic rings. The Bertz CT molecular complexity index is 1070. The van der Waals surface area contributed by atoms with Crippen LogP contribution in [0.5, 0.6) is 0 Å². The van der Waals surface area contributed by atoms with Crippen LogP contribution in [0.3, 0.4) is 0 Å². The number of amides is 1. The standard InChI is InChI=1S/C21H18Cl2FN3O/c1-21(2,3)19-15-17(25-26-19)20(28)27(14-6-4-5-13(23)16(14)24)18(15)11-7-9-12(22)10-8-11/h4-10,18H,1-3H3,(H,25,26)/t18-/m1/s1. The van der Waals surface area contributed by atoms with Gasteiger partial charge in [-0.1, -0.05) is 62.2 Å². The highest BCUT2D eigenvalue weighted by Crippen LogP contribution is 2.46. The molecule has 7 heteroatoms. The average Bonchev–Trinajstić information content (AvgIpc) is 3.18. The molecule has 0 bridgehead atoms. The minimum atomic E-state index is -0.636. The maximum Gasteiger partial charge on any atom is 0.280 e.